The van der Waals surface area contributed by atoms with Gasteiger partial charge >= 0.3 is 0 Å². The van der Waals surface area contributed by atoms with Crippen LogP contribution in [0, 0.1) is 0 Å². The first-order valence-electron chi connectivity index (χ1n) is 7.35. The van der Waals surface area contributed by atoms with E-state index >= 15 is 0 Å². The van der Waals surface area contributed by atoms with Gasteiger partial charge in [0.15, 0.2) is 0 Å². The monoisotopic (exact) mass is 324 g/mol. The van der Waals surface area contributed by atoms with E-state index in [2.05, 4.69) is 71.4 Å². The molecule has 19 heavy (non-hydrogen) atoms. The number of piperidine rings is 1. The van der Waals surface area contributed by atoms with Gasteiger partial charge in [-0.3, -0.25) is 5.43 Å². The third-order valence-electron chi connectivity index (χ3n) is 4.02. The van der Waals surface area contributed by atoms with E-state index in [1.165, 1.54) is 24.8 Å². The van der Waals surface area contributed by atoms with E-state index in [4.69, 9.17) is 0 Å². The number of nitrogens with zero attached hydrogens (tertiary/aromatic N) is 1. The lowest BCUT2D eigenvalue weighted by Crippen LogP contribution is -2.55. The Bertz CT molecular complexity index is 380. The Hall–Kier alpha value is -0.380. The van der Waals surface area contributed by atoms with Crippen molar-refractivity contribution >= 4 is 15.9 Å². The quantitative estimate of drug-likeness (QED) is 0.895. The summed E-state index contributed by atoms with van der Waals surface area (Å²) in [5, 5.41) is 2.47. The van der Waals surface area contributed by atoms with Crippen molar-refractivity contribution in [1.82, 2.24) is 10.4 Å². The van der Waals surface area contributed by atoms with Crippen LogP contribution in [0.4, 0.5) is 0 Å². The van der Waals surface area contributed by atoms with Gasteiger partial charge in [0.05, 0.1) is 0 Å². The zero-order valence-corrected chi connectivity index (χ0v) is 13.8. The van der Waals surface area contributed by atoms with E-state index in [0.717, 1.165) is 10.9 Å². The first-order valence-corrected chi connectivity index (χ1v) is 8.14. The molecule has 3 heteroatoms. The average Bonchev–Trinajstić information content (AvgIpc) is 2.37. The van der Waals surface area contributed by atoms with Gasteiger partial charge in [-0.25, -0.2) is 5.01 Å². The number of hydrazine groups is 1. The van der Waals surface area contributed by atoms with Gasteiger partial charge in [-0.2, -0.15) is 0 Å². The highest BCUT2D eigenvalue weighted by Gasteiger charge is 2.25. The highest BCUT2D eigenvalue weighted by Crippen LogP contribution is 2.21. The summed E-state index contributed by atoms with van der Waals surface area (Å²) in [6.45, 7) is 6.93. The molecule has 1 saturated heterocycles. The fourth-order valence-electron chi connectivity index (χ4n) is 2.95. The van der Waals surface area contributed by atoms with Crippen molar-refractivity contribution in [3.8, 4) is 0 Å². The molecule has 106 valence electrons. The van der Waals surface area contributed by atoms with Crippen molar-refractivity contribution in [3.05, 3.63) is 34.3 Å². The van der Waals surface area contributed by atoms with Gasteiger partial charge in [0.25, 0.3) is 0 Å². The molecular weight excluding hydrogens is 300 g/mol. The Morgan fingerprint density at radius 2 is 1.79 bits per heavy atom. The highest BCUT2D eigenvalue weighted by molar-refractivity contribution is 9.10. The van der Waals surface area contributed by atoms with Crippen molar-refractivity contribution in [3.63, 3.8) is 0 Å². The third-order valence-corrected chi connectivity index (χ3v) is 4.55. The van der Waals surface area contributed by atoms with Crippen LogP contribution >= 0.6 is 15.9 Å². The topological polar surface area (TPSA) is 15.3 Å². The first kappa shape index (κ1) is 15.0. The summed E-state index contributed by atoms with van der Waals surface area (Å²) >= 11 is 3.48. The number of halogens is 1. The van der Waals surface area contributed by atoms with Crippen molar-refractivity contribution in [2.24, 2.45) is 0 Å². The number of rotatable bonds is 4. The first-order chi connectivity index (χ1) is 9.06. The summed E-state index contributed by atoms with van der Waals surface area (Å²) < 4.78 is 1.15. The summed E-state index contributed by atoms with van der Waals surface area (Å²) in [4.78, 5) is 0. The molecule has 0 radical (unpaired) electrons. The maximum Gasteiger partial charge on any atom is 0.0227 e. The van der Waals surface area contributed by atoms with Crippen molar-refractivity contribution in [1.29, 1.82) is 0 Å². The molecule has 1 aromatic carbocycles. The van der Waals surface area contributed by atoms with E-state index in [0.29, 0.717) is 18.1 Å². The van der Waals surface area contributed by atoms with Gasteiger partial charge in [-0.05, 0) is 57.7 Å². The van der Waals surface area contributed by atoms with E-state index in [1.54, 1.807) is 0 Å². The Labute approximate surface area is 125 Å². The summed E-state index contributed by atoms with van der Waals surface area (Å²) in [6, 6.07) is 10.4. The molecule has 1 aliphatic heterocycles. The van der Waals surface area contributed by atoms with Gasteiger partial charge in [-0.15, -0.1) is 0 Å². The van der Waals surface area contributed by atoms with Crippen molar-refractivity contribution < 1.29 is 0 Å². The zero-order valence-electron chi connectivity index (χ0n) is 12.2. The van der Waals surface area contributed by atoms with Crippen LogP contribution in [0.1, 0.15) is 45.6 Å². The third kappa shape index (κ3) is 4.30. The fraction of sp³-hybridized carbons (Fsp3) is 0.625. The minimum atomic E-state index is 0.476. The molecule has 2 rings (SSSR count). The summed E-state index contributed by atoms with van der Waals surface area (Å²) in [7, 11) is 0. The minimum absolute atomic E-state index is 0.476. The van der Waals surface area contributed by atoms with E-state index in [-0.39, 0.29) is 0 Å². The molecule has 1 N–H and O–H groups in total. The second-order valence-corrected chi connectivity index (χ2v) is 6.81. The molecule has 2 nitrogen and oxygen atoms in total. The van der Waals surface area contributed by atoms with Crippen LogP contribution in [-0.4, -0.2) is 23.1 Å². The molecule has 1 aliphatic rings. The van der Waals surface area contributed by atoms with Gasteiger partial charge in [0.1, 0.15) is 0 Å². The molecule has 0 aromatic heterocycles. The normalized spacial score (nSPS) is 26.3. The molecule has 0 bridgehead atoms. The van der Waals surface area contributed by atoms with Crippen LogP contribution in [0.15, 0.2) is 28.7 Å². The summed E-state index contributed by atoms with van der Waals surface area (Å²) in [5.41, 5.74) is 5.09. The lowest BCUT2D eigenvalue weighted by molar-refractivity contribution is 0.0323. The van der Waals surface area contributed by atoms with Crippen LogP contribution in [0.25, 0.3) is 0 Å². The SMILES string of the molecule is CC(Cc1ccc(Br)cc1)NN1C(C)CCCC1C. The standard InChI is InChI=1S/C16H25BrN2/c1-12(11-15-7-9-16(17)10-8-15)18-19-13(2)5-4-6-14(19)3/h7-10,12-14,18H,4-6,11H2,1-3H3. The molecule has 0 saturated carbocycles. The Morgan fingerprint density at radius 3 is 2.37 bits per heavy atom. The van der Waals surface area contributed by atoms with Gasteiger partial charge in [0.2, 0.25) is 0 Å². The van der Waals surface area contributed by atoms with Gasteiger partial charge in [-0.1, -0.05) is 34.5 Å². The van der Waals surface area contributed by atoms with Gasteiger partial charge < -0.3 is 0 Å². The second-order valence-electron chi connectivity index (χ2n) is 5.90. The Balaban J connectivity index is 1.89. The number of nitrogens with one attached hydrogen (secondary N) is 1. The molecule has 1 fully saturated rings. The predicted octanol–water partition coefficient (Wildman–Crippen LogP) is 4.15. The molecule has 0 spiro atoms. The maximum absolute atomic E-state index is 3.70. The van der Waals surface area contributed by atoms with Crippen LogP contribution in [0.3, 0.4) is 0 Å². The molecule has 3 atom stereocenters. The van der Waals surface area contributed by atoms with Gasteiger partial charge in [0, 0.05) is 22.6 Å². The highest BCUT2D eigenvalue weighted by atomic mass is 79.9. The molecule has 1 heterocycles. The predicted molar refractivity (Wildman–Crippen MR) is 85.1 cm³/mol. The minimum Gasteiger partial charge on any atom is -0.252 e. The molecule has 1 aromatic rings. The van der Waals surface area contributed by atoms with Crippen molar-refractivity contribution in [2.45, 2.75) is 64.6 Å². The van der Waals surface area contributed by atoms with E-state index in [1.807, 2.05) is 0 Å². The van der Waals surface area contributed by atoms with Crippen LogP contribution in [0.2, 0.25) is 0 Å². The van der Waals surface area contributed by atoms with E-state index < -0.39 is 0 Å². The van der Waals surface area contributed by atoms with Crippen molar-refractivity contribution in [2.75, 3.05) is 0 Å². The molecule has 3 unspecified atom stereocenters. The van der Waals surface area contributed by atoms with Crippen LogP contribution in [-0.2, 0) is 6.42 Å². The average molecular weight is 325 g/mol. The lowest BCUT2D eigenvalue weighted by atomic mass is 9.99. The largest absolute Gasteiger partial charge is 0.252 e. The smallest absolute Gasteiger partial charge is 0.0227 e. The lowest BCUT2D eigenvalue weighted by Gasteiger charge is -2.41. The number of hydrogen-bond acceptors (Lipinski definition) is 2. The number of benzene rings is 1. The van der Waals surface area contributed by atoms with Crippen LogP contribution < -0.4 is 5.43 Å². The summed E-state index contributed by atoms with van der Waals surface area (Å²) in [5.74, 6) is 0. The van der Waals surface area contributed by atoms with E-state index in [9.17, 15) is 0 Å². The Morgan fingerprint density at radius 1 is 1.21 bits per heavy atom. The zero-order chi connectivity index (χ0) is 13.8. The fourth-order valence-corrected chi connectivity index (χ4v) is 3.21. The number of hydrogen-bond donors (Lipinski definition) is 1. The molecular formula is C16H25BrN2. The molecule has 0 amide bonds. The second kappa shape index (κ2) is 6.87. The Kier molecular flexibility index (Phi) is 5.43. The molecule has 0 aliphatic carbocycles. The summed E-state index contributed by atoms with van der Waals surface area (Å²) in [6.07, 6.45) is 5.05. The van der Waals surface area contributed by atoms with Crippen LogP contribution in [0.5, 0.6) is 0 Å². The maximum atomic E-state index is 3.70.